The molecule has 96 valence electrons. The summed E-state index contributed by atoms with van der Waals surface area (Å²) in [5.74, 6) is -0.302. The molecule has 0 atom stereocenters. The van der Waals surface area contributed by atoms with Gasteiger partial charge in [0.25, 0.3) is 0 Å². The van der Waals surface area contributed by atoms with Crippen LogP contribution >= 0.6 is 23.2 Å². The molecule has 3 rings (SSSR count). The van der Waals surface area contributed by atoms with Crippen molar-refractivity contribution in [3.8, 4) is 11.3 Å². The van der Waals surface area contributed by atoms with E-state index >= 15 is 0 Å². The number of aromatic nitrogens is 2. The molecule has 0 fully saturated rings. The van der Waals surface area contributed by atoms with Crippen molar-refractivity contribution >= 4 is 28.8 Å². The predicted octanol–water partition coefficient (Wildman–Crippen LogP) is 4.76. The van der Waals surface area contributed by atoms with Crippen LogP contribution in [0.1, 0.15) is 5.69 Å². The zero-order valence-electron chi connectivity index (χ0n) is 9.99. The monoisotopic (exact) mass is 294 g/mol. The number of aryl methyl sites for hydroxylation is 1. The molecular formula is C14H9Cl2FN2. The Balaban J connectivity index is 2.42. The molecule has 1 aromatic carbocycles. The molecule has 0 N–H and O–H groups in total. The van der Waals surface area contributed by atoms with E-state index in [2.05, 4.69) is 4.98 Å². The van der Waals surface area contributed by atoms with E-state index in [1.54, 1.807) is 34.9 Å². The molecule has 2 heterocycles. The molecule has 0 saturated carbocycles. The van der Waals surface area contributed by atoms with Crippen LogP contribution in [0.4, 0.5) is 4.39 Å². The highest BCUT2D eigenvalue weighted by Gasteiger charge is 2.16. The minimum absolute atomic E-state index is 0.302. The van der Waals surface area contributed by atoms with E-state index in [9.17, 15) is 4.39 Å². The lowest BCUT2D eigenvalue weighted by atomic mass is 10.1. The van der Waals surface area contributed by atoms with Crippen molar-refractivity contribution in [1.82, 2.24) is 9.38 Å². The van der Waals surface area contributed by atoms with Crippen LogP contribution in [0, 0.1) is 12.7 Å². The van der Waals surface area contributed by atoms with Crippen molar-refractivity contribution in [2.75, 3.05) is 0 Å². The summed E-state index contributed by atoms with van der Waals surface area (Å²) in [5, 5.41) is 0.922. The summed E-state index contributed by atoms with van der Waals surface area (Å²) < 4.78 is 15.7. The molecule has 2 aromatic heterocycles. The van der Waals surface area contributed by atoms with Gasteiger partial charge >= 0.3 is 0 Å². The van der Waals surface area contributed by atoms with E-state index in [1.807, 2.05) is 6.92 Å². The molecule has 0 unspecified atom stereocenters. The third-order valence-electron chi connectivity index (χ3n) is 2.95. The maximum Gasteiger partial charge on any atom is 0.156 e. The lowest BCUT2D eigenvalue weighted by Crippen LogP contribution is -1.92. The van der Waals surface area contributed by atoms with E-state index in [0.29, 0.717) is 32.6 Å². The third-order valence-corrected chi connectivity index (χ3v) is 3.43. The number of pyridine rings is 1. The van der Waals surface area contributed by atoms with Gasteiger partial charge < -0.3 is 0 Å². The van der Waals surface area contributed by atoms with Crippen LogP contribution in [0.25, 0.3) is 16.9 Å². The summed E-state index contributed by atoms with van der Waals surface area (Å²) in [6.07, 6.45) is 1.69. The average molecular weight is 295 g/mol. The van der Waals surface area contributed by atoms with Gasteiger partial charge in [0.05, 0.1) is 21.4 Å². The van der Waals surface area contributed by atoms with Crippen LogP contribution in [-0.2, 0) is 0 Å². The number of imidazole rings is 1. The topological polar surface area (TPSA) is 17.3 Å². The van der Waals surface area contributed by atoms with Crippen LogP contribution in [0.5, 0.6) is 0 Å². The molecule has 0 bridgehead atoms. The largest absolute Gasteiger partial charge is 0.297 e. The van der Waals surface area contributed by atoms with Crippen LogP contribution in [0.2, 0.25) is 10.0 Å². The first kappa shape index (κ1) is 12.5. The molecule has 0 radical (unpaired) electrons. The van der Waals surface area contributed by atoms with Crippen molar-refractivity contribution in [3.63, 3.8) is 0 Å². The number of benzene rings is 1. The summed E-state index contributed by atoms with van der Waals surface area (Å²) >= 11 is 12.1. The zero-order chi connectivity index (χ0) is 13.6. The Kier molecular flexibility index (Phi) is 2.96. The highest BCUT2D eigenvalue weighted by Crippen LogP contribution is 2.31. The molecular weight excluding hydrogens is 286 g/mol. The summed E-state index contributed by atoms with van der Waals surface area (Å²) in [5.41, 5.74) is 2.42. The number of hydrogen-bond donors (Lipinski definition) is 0. The van der Waals surface area contributed by atoms with E-state index in [4.69, 9.17) is 23.2 Å². The van der Waals surface area contributed by atoms with Gasteiger partial charge in [-0.25, -0.2) is 9.37 Å². The van der Waals surface area contributed by atoms with E-state index in [-0.39, 0.29) is 5.82 Å². The smallest absolute Gasteiger partial charge is 0.156 e. The Morgan fingerprint density at radius 3 is 2.68 bits per heavy atom. The summed E-state index contributed by atoms with van der Waals surface area (Å²) in [6.45, 7) is 1.82. The zero-order valence-corrected chi connectivity index (χ0v) is 11.5. The quantitative estimate of drug-likeness (QED) is 0.633. The van der Waals surface area contributed by atoms with Gasteiger partial charge in [-0.3, -0.25) is 4.40 Å². The standard InChI is InChI=1S/C14H9Cl2FN2/c1-8-13(10-4-2-3-5-12(10)17)19-7-9(15)6-11(16)14(19)18-8/h2-7H,1H3. The van der Waals surface area contributed by atoms with Crippen molar-refractivity contribution in [3.05, 3.63) is 58.1 Å². The highest BCUT2D eigenvalue weighted by atomic mass is 35.5. The molecule has 0 aliphatic carbocycles. The fraction of sp³-hybridized carbons (Fsp3) is 0.0714. The van der Waals surface area contributed by atoms with Gasteiger partial charge in [-0.2, -0.15) is 0 Å². The Labute approximate surface area is 119 Å². The van der Waals surface area contributed by atoms with Crippen LogP contribution in [-0.4, -0.2) is 9.38 Å². The summed E-state index contributed by atoms with van der Waals surface area (Å²) in [7, 11) is 0. The van der Waals surface area contributed by atoms with E-state index < -0.39 is 0 Å². The Morgan fingerprint density at radius 1 is 1.21 bits per heavy atom. The van der Waals surface area contributed by atoms with Crippen molar-refractivity contribution in [1.29, 1.82) is 0 Å². The lowest BCUT2D eigenvalue weighted by molar-refractivity contribution is 0.630. The number of rotatable bonds is 1. The molecule has 0 aliphatic heterocycles. The van der Waals surface area contributed by atoms with Gasteiger partial charge in [-0.1, -0.05) is 35.3 Å². The third kappa shape index (κ3) is 1.99. The molecule has 3 aromatic rings. The second kappa shape index (κ2) is 4.51. The molecule has 0 amide bonds. The normalized spacial score (nSPS) is 11.2. The van der Waals surface area contributed by atoms with Gasteiger partial charge in [0.15, 0.2) is 5.65 Å². The predicted molar refractivity (Wildman–Crippen MR) is 75.3 cm³/mol. The van der Waals surface area contributed by atoms with Gasteiger partial charge in [0, 0.05) is 11.8 Å². The molecule has 0 aliphatic rings. The first-order valence-electron chi connectivity index (χ1n) is 5.66. The molecule has 19 heavy (non-hydrogen) atoms. The Bertz CT molecular complexity index is 780. The van der Waals surface area contributed by atoms with Gasteiger partial charge in [0.2, 0.25) is 0 Å². The minimum atomic E-state index is -0.302. The van der Waals surface area contributed by atoms with Gasteiger partial charge in [0.1, 0.15) is 5.82 Å². The summed E-state index contributed by atoms with van der Waals surface area (Å²) in [4.78, 5) is 4.38. The number of fused-ring (bicyclic) bond motifs is 1. The van der Waals surface area contributed by atoms with Crippen molar-refractivity contribution in [2.24, 2.45) is 0 Å². The number of hydrogen-bond acceptors (Lipinski definition) is 1. The van der Waals surface area contributed by atoms with Gasteiger partial charge in [-0.15, -0.1) is 0 Å². The maximum atomic E-state index is 14.0. The van der Waals surface area contributed by atoms with Crippen LogP contribution in [0.15, 0.2) is 36.5 Å². The fourth-order valence-corrected chi connectivity index (χ4v) is 2.68. The van der Waals surface area contributed by atoms with Crippen molar-refractivity contribution < 1.29 is 4.39 Å². The summed E-state index contributed by atoms with van der Waals surface area (Å²) in [6, 6.07) is 8.18. The Morgan fingerprint density at radius 2 is 1.95 bits per heavy atom. The maximum absolute atomic E-state index is 14.0. The highest BCUT2D eigenvalue weighted by molar-refractivity contribution is 6.36. The van der Waals surface area contributed by atoms with Crippen molar-refractivity contribution in [2.45, 2.75) is 6.92 Å². The lowest BCUT2D eigenvalue weighted by Gasteiger charge is -2.05. The Hall–Kier alpha value is -1.58. The molecule has 2 nitrogen and oxygen atoms in total. The molecule has 5 heteroatoms. The SMILES string of the molecule is Cc1nc2c(Cl)cc(Cl)cn2c1-c1ccccc1F. The first-order valence-corrected chi connectivity index (χ1v) is 6.42. The second-order valence-electron chi connectivity index (χ2n) is 4.23. The minimum Gasteiger partial charge on any atom is -0.297 e. The van der Waals surface area contributed by atoms with Gasteiger partial charge in [-0.05, 0) is 25.1 Å². The van der Waals surface area contributed by atoms with E-state index in [0.717, 1.165) is 0 Å². The second-order valence-corrected chi connectivity index (χ2v) is 5.07. The average Bonchev–Trinajstić information content (AvgIpc) is 2.67. The van der Waals surface area contributed by atoms with Crippen LogP contribution < -0.4 is 0 Å². The molecule has 0 saturated heterocycles. The molecule has 0 spiro atoms. The van der Waals surface area contributed by atoms with Crippen LogP contribution in [0.3, 0.4) is 0 Å². The number of halogens is 3. The first-order chi connectivity index (χ1) is 9.08. The van der Waals surface area contributed by atoms with E-state index in [1.165, 1.54) is 6.07 Å². The number of nitrogens with zero attached hydrogens (tertiary/aromatic N) is 2. The fourth-order valence-electron chi connectivity index (χ4n) is 2.16.